The normalized spacial score (nSPS) is 19.3. The molecule has 154 valence electrons. The van der Waals surface area contributed by atoms with Crippen LogP contribution in [0.5, 0.6) is 5.75 Å². The highest BCUT2D eigenvalue weighted by molar-refractivity contribution is 5.78. The standard InChI is InChI=1S/C24H31N3O2/c1-25-15-17-26(18-16-25)22-11-13-27(14-12-22)24(28)19-29-23-9-7-21(8-10-23)20-5-3-2-4-6-20/h2-10,22H,11-19H2,1H3. The van der Waals surface area contributed by atoms with Gasteiger partial charge < -0.3 is 14.5 Å². The number of carbonyl (C=O) groups excluding carboxylic acids is 1. The summed E-state index contributed by atoms with van der Waals surface area (Å²) in [7, 11) is 2.19. The average molecular weight is 394 g/mol. The number of nitrogens with zero attached hydrogens (tertiary/aromatic N) is 3. The molecule has 0 bridgehead atoms. The number of amides is 1. The quantitative estimate of drug-likeness (QED) is 0.783. The molecular formula is C24H31N3O2. The smallest absolute Gasteiger partial charge is 0.260 e. The minimum Gasteiger partial charge on any atom is -0.484 e. The zero-order chi connectivity index (χ0) is 20.1. The van der Waals surface area contributed by atoms with Crippen molar-refractivity contribution in [1.29, 1.82) is 0 Å². The van der Waals surface area contributed by atoms with Crippen LogP contribution in [0.25, 0.3) is 11.1 Å². The molecule has 0 unspecified atom stereocenters. The molecule has 0 radical (unpaired) electrons. The molecule has 1 amide bonds. The summed E-state index contributed by atoms with van der Waals surface area (Å²) < 4.78 is 5.76. The maximum atomic E-state index is 12.6. The Morgan fingerprint density at radius 3 is 2.14 bits per heavy atom. The van der Waals surface area contributed by atoms with E-state index in [1.54, 1.807) is 0 Å². The highest BCUT2D eigenvalue weighted by Gasteiger charge is 2.28. The first kappa shape index (κ1) is 19.9. The summed E-state index contributed by atoms with van der Waals surface area (Å²) in [5, 5.41) is 0. The third kappa shape index (κ3) is 5.17. The Hall–Kier alpha value is -2.37. The average Bonchev–Trinajstić information content (AvgIpc) is 2.79. The molecular weight excluding hydrogens is 362 g/mol. The van der Waals surface area contributed by atoms with E-state index in [1.165, 1.54) is 5.56 Å². The van der Waals surface area contributed by atoms with Gasteiger partial charge in [0.2, 0.25) is 0 Å². The number of ether oxygens (including phenoxy) is 1. The van der Waals surface area contributed by atoms with Crippen LogP contribution in [-0.4, -0.2) is 79.6 Å². The van der Waals surface area contributed by atoms with E-state index in [-0.39, 0.29) is 12.5 Å². The molecule has 2 aromatic carbocycles. The summed E-state index contributed by atoms with van der Waals surface area (Å²) in [4.78, 5) is 19.5. The lowest BCUT2D eigenvalue weighted by Crippen LogP contribution is -2.53. The van der Waals surface area contributed by atoms with E-state index >= 15 is 0 Å². The fraction of sp³-hybridized carbons (Fsp3) is 0.458. The molecule has 5 heteroatoms. The molecule has 2 aromatic rings. The van der Waals surface area contributed by atoms with E-state index in [0.717, 1.165) is 63.4 Å². The monoisotopic (exact) mass is 393 g/mol. The van der Waals surface area contributed by atoms with Gasteiger partial charge in [0.05, 0.1) is 0 Å². The number of likely N-dealkylation sites (N-methyl/N-ethyl adjacent to an activating group) is 1. The summed E-state index contributed by atoms with van der Waals surface area (Å²) in [5.74, 6) is 0.833. The predicted molar refractivity (Wildman–Crippen MR) is 116 cm³/mol. The van der Waals surface area contributed by atoms with E-state index < -0.39 is 0 Å². The maximum Gasteiger partial charge on any atom is 0.260 e. The van der Waals surface area contributed by atoms with Crippen molar-refractivity contribution >= 4 is 5.91 Å². The maximum absolute atomic E-state index is 12.6. The minimum atomic E-state index is 0.0916. The number of benzene rings is 2. The van der Waals surface area contributed by atoms with Gasteiger partial charge in [0.25, 0.3) is 5.91 Å². The second kappa shape index (κ2) is 9.42. The van der Waals surface area contributed by atoms with Gasteiger partial charge in [-0.15, -0.1) is 0 Å². The van der Waals surface area contributed by atoms with Crippen molar-refractivity contribution in [3.05, 3.63) is 54.6 Å². The first-order valence-corrected chi connectivity index (χ1v) is 10.7. The van der Waals surface area contributed by atoms with Crippen LogP contribution in [0, 0.1) is 0 Å². The molecule has 2 aliphatic rings. The van der Waals surface area contributed by atoms with Crippen molar-refractivity contribution in [3.8, 4) is 16.9 Å². The molecule has 0 spiro atoms. The largest absolute Gasteiger partial charge is 0.484 e. The van der Waals surface area contributed by atoms with Crippen molar-refractivity contribution in [2.45, 2.75) is 18.9 Å². The van der Waals surface area contributed by atoms with Crippen LogP contribution in [0.15, 0.2) is 54.6 Å². The second-order valence-corrected chi connectivity index (χ2v) is 8.13. The second-order valence-electron chi connectivity index (χ2n) is 8.13. The Morgan fingerprint density at radius 1 is 0.862 bits per heavy atom. The first-order chi connectivity index (χ1) is 14.2. The van der Waals surface area contributed by atoms with Crippen LogP contribution in [0.4, 0.5) is 0 Å². The molecule has 4 rings (SSSR count). The zero-order valence-electron chi connectivity index (χ0n) is 17.3. The molecule has 2 aliphatic heterocycles. The Bertz CT molecular complexity index is 778. The Labute approximate surface area is 173 Å². The van der Waals surface area contributed by atoms with Crippen LogP contribution >= 0.6 is 0 Å². The van der Waals surface area contributed by atoms with Gasteiger partial charge in [-0.3, -0.25) is 9.69 Å². The van der Waals surface area contributed by atoms with Crippen molar-refractivity contribution in [3.63, 3.8) is 0 Å². The minimum absolute atomic E-state index is 0.0916. The van der Waals surface area contributed by atoms with Crippen molar-refractivity contribution in [2.24, 2.45) is 0 Å². The number of likely N-dealkylation sites (tertiary alicyclic amines) is 1. The number of hydrogen-bond acceptors (Lipinski definition) is 4. The van der Waals surface area contributed by atoms with E-state index in [4.69, 9.17) is 4.74 Å². The van der Waals surface area contributed by atoms with Crippen LogP contribution in [0.1, 0.15) is 12.8 Å². The summed E-state index contributed by atoms with van der Waals surface area (Å²) >= 11 is 0. The number of rotatable bonds is 5. The van der Waals surface area contributed by atoms with Crippen LogP contribution < -0.4 is 4.74 Å². The fourth-order valence-corrected chi connectivity index (χ4v) is 4.28. The number of hydrogen-bond donors (Lipinski definition) is 0. The Morgan fingerprint density at radius 2 is 1.48 bits per heavy atom. The van der Waals surface area contributed by atoms with E-state index in [2.05, 4.69) is 29.0 Å². The number of carbonyl (C=O) groups is 1. The lowest BCUT2D eigenvalue weighted by atomic mass is 10.0. The first-order valence-electron chi connectivity index (χ1n) is 10.7. The molecule has 0 N–H and O–H groups in total. The number of piperidine rings is 1. The van der Waals surface area contributed by atoms with Gasteiger partial charge in [0, 0.05) is 45.3 Å². The molecule has 5 nitrogen and oxygen atoms in total. The van der Waals surface area contributed by atoms with E-state index in [9.17, 15) is 4.79 Å². The predicted octanol–water partition coefficient (Wildman–Crippen LogP) is 2.97. The molecule has 0 aliphatic carbocycles. The molecule has 0 atom stereocenters. The Balaban J connectivity index is 1.22. The third-order valence-corrected chi connectivity index (χ3v) is 6.20. The lowest BCUT2D eigenvalue weighted by Gasteiger charge is -2.42. The summed E-state index contributed by atoms with van der Waals surface area (Å²) in [5.41, 5.74) is 2.33. The summed E-state index contributed by atoms with van der Waals surface area (Å²) in [6.45, 7) is 6.39. The van der Waals surface area contributed by atoms with Gasteiger partial charge in [-0.1, -0.05) is 42.5 Å². The molecule has 29 heavy (non-hydrogen) atoms. The van der Waals surface area contributed by atoms with E-state index in [1.807, 2.05) is 47.4 Å². The van der Waals surface area contributed by atoms with Gasteiger partial charge in [-0.2, -0.15) is 0 Å². The van der Waals surface area contributed by atoms with Gasteiger partial charge in [0.15, 0.2) is 6.61 Å². The summed E-state index contributed by atoms with van der Waals surface area (Å²) in [6, 6.07) is 18.8. The summed E-state index contributed by atoms with van der Waals surface area (Å²) in [6.07, 6.45) is 2.14. The van der Waals surface area contributed by atoms with Crippen LogP contribution in [-0.2, 0) is 4.79 Å². The molecule has 2 fully saturated rings. The highest BCUT2D eigenvalue weighted by atomic mass is 16.5. The van der Waals surface area contributed by atoms with Gasteiger partial charge in [-0.25, -0.2) is 0 Å². The van der Waals surface area contributed by atoms with Crippen molar-refractivity contribution < 1.29 is 9.53 Å². The van der Waals surface area contributed by atoms with Gasteiger partial charge in [-0.05, 0) is 43.1 Å². The SMILES string of the molecule is CN1CCN(C2CCN(C(=O)COc3ccc(-c4ccccc4)cc3)CC2)CC1. The van der Waals surface area contributed by atoms with Crippen molar-refractivity contribution in [1.82, 2.24) is 14.7 Å². The highest BCUT2D eigenvalue weighted by Crippen LogP contribution is 2.22. The Kier molecular flexibility index (Phi) is 6.47. The van der Waals surface area contributed by atoms with E-state index in [0.29, 0.717) is 6.04 Å². The fourth-order valence-electron chi connectivity index (χ4n) is 4.28. The van der Waals surface area contributed by atoms with Gasteiger partial charge in [0.1, 0.15) is 5.75 Å². The topological polar surface area (TPSA) is 36.0 Å². The molecule has 2 saturated heterocycles. The van der Waals surface area contributed by atoms with Crippen molar-refractivity contribution in [2.75, 3.05) is 52.9 Å². The molecule has 0 saturated carbocycles. The third-order valence-electron chi connectivity index (χ3n) is 6.20. The lowest BCUT2D eigenvalue weighted by molar-refractivity contribution is -0.135. The van der Waals surface area contributed by atoms with Crippen LogP contribution in [0.2, 0.25) is 0 Å². The molecule has 0 aromatic heterocycles. The molecule has 2 heterocycles. The van der Waals surface area contributed by atoms with Gasteiger partial charge >= 0.3 is 0 Å². The van der Waals surface area contributed by atoms with Crippen LogP contribution in [0.3, 0.4) is 0 Å². The number of piperazine rings is 1. The zero-order valence-corrected chi connectivity index (χ0v) is 17.3.